The normalized spacial score (nSPS) is 17.1. The van der Waals surface area contributed by atoms with Gasteiger partial charge in [-0.2, -0.15) is 5.10 Å². The van der Waals surface area contributed by atoms with Crippen LogP contribution in [0.25, 0.3) is 0 Å². The number of benzene rings is 1. The maximum Gasteiger partial charge on any atom is 0.246 e. The lowest BCUT2D eigenvalue weighted by Gasteiger charge is -2.15. The van der Waals surface area contributed by atoms with Crippen molar-refractivity contribution in [1.29, 1.82) is 0 Å². The lowest BCUT2D eigenvalue weighted by Crippen LogP contribution is -2.19. The molecule has 0 saturated carbocycles. The number of nitrogens with one attached hydrogen (secondary N) is 1. The van der Waals surface area contributed by atoms with Crippen LogP contribution >= 0.6 is 0 Å². The van der Waals surface area contributed by atoms with Crippen LogP contribution in [0.4, 0.5) is 5.69 Å². The second-order valence-corrected chi connectivity index (χ2v) is 6.44. The summed E-state index contributed by atoms with van der Waals surface area (Å²) < 4.78 is 1.78. The maximum atomic E-state index is 12.3. The SMILES string of the molecule is Cc1cccc(NC(=O)Cn2cc3c(n2)CCC(C)C3)c1C. The quantitative estimate of drug-likeness (QED) is 0.945. The van der Waals surface area contributed by atoms with Gasteiger partial charge in [0.1, 0.15) is 6.54 Å². The first kappa shape index (κ1) is 14.8. The summed E-state index contributed by atoms with van der Waals surface area (Å²) in [5.41, 5.74) is 5.65. The molecule has 0 aliphatic heterocycles. The molecule has 0 saturated heterocycles. The standard InChI is InChI=1S/C18H23N3O/c1-12-7-8-17-15(9-12)10-21(20-17)11-18(22)19-16-6-4-5-13(2)14(16)3/h4-6,10,12H,7-9,11H2,1-3H3,(H,19,22). The molecule has 0 spiro atoms. The average molecular weight is 297 g/mol. The van der Waals surface area contributed by atoms with Crippen molar-refractivity contribution in [2.45, 2.75) is 46.6 Å². The van der Waals surface area contributed by atoms with Crippen molar-refractivity contribution in [3.05, 3.63) is 46.8 Å². The summed E-state index contributed by atoms with van der Waals surface area (Å²) in [5, 5.41) is 7.55. The Kier molecular flexibility index (Phi) is 4.01. The molecule has 4 nitrogen and oxygen atoms in total. The predicted octanol–water partition coefficient (Wildman–Crippen LogP) is 3.26. The Hall–Kier alpha value is -2.10. The molecular formula is C18H23N3O. The van der Waals surface area contributed by atoms with Crippen molar-refractivity contribution >= 4 is 11.6 Å². The van der Waals surface area contributed by atoms with Crippen LogP contribution < -0.4 is 5.32 Å². The van der Waals surface area contributed by atoms with Crippen LogP contribution in [0.1, 0.15) is 35.7 Å². The van der Waals surface area contributed by atoms with E-state index in [0.717, 1.165) is 29.8 Å². The van der Waals surface area contributed by atoms with Gasteiger partial charge in [0.05, 0.1) is 5.69 Å². The van der Waals surface area contributed by atoms with Gasteiger partial charge in [-0.1, -0.05) is 19.1 Å². The summed E-state index contributed by atoms with van der Waals surface area (Å²) in [5.74, 6) is 0.690. The zero-order chi connectivity index (χ0) is 15.7. The molecule has 116 valence electrons. The van der Waals surface area contributed by atoms with Gasteiger partial charge in [0.2, 0.25) is 5.91 Å². The van der Waals surface area contributed by atoms with Gasteiger partial charge in [-0.25, -0.2) is 0 Å². The van der Waals surface area contributed by atoms with E-state index in [1.54, 1.807) is 4.68 Å². The number of carbonyl (C=O) groups is 1. The van der Waals surface area contributed by atoms with E-state index < -0.39 is 0 Å². The fourth-order valence-corrected chi connectivity index (χ4v) is 3.05. The molecule has 2 aromatic rings. The Bertz CT molecular complexity index is 702. The summed E-state index contributed by atoms with van der Waals surface area (Å²) in [7, 11) is 0. The number of hydrogen-bond donors (Lipinski definition) is 1. The summed E-state index contributed by atoms with van der Waals surface area (Å²) in [6.45, 7) is 6.62. The van der Waals surface area contributed by atoms with Gasteiger partial charge in [-0.05, 0) is 61.8 Å². The van der Waals surface area contributed by atoms with Crippen LogP contribution in [-0.4, -0.2) is 15.7 Å². The molecule has 1 aromatic heterocycles. The van der Waals surface area contributed by atoms with Gasteiger partial charge >= 0.3 is 0 Å². The molecule has 4 heteroatoms. The molecule has 1 aliphatic rings. The van der Waals surface area contributed by atoms with Gasteiger partial charge in [0.15, 0.2) is 0 Å². The number of rotatable bonds is 3. The number of aromatic nitrogens is 2. The number of nitrogens with zero attached hydrogens (tertiary/aromatic N) is 2. The minimum absolute atomic E-state index is 0.0263. The number of fused-ring (bicyclic) bond motifs is 1. The molecule has 1 unspecified atom stereocenters. The summed E-state index contributed by atoms with van der Waals surface area (Å²) >= 11 is 0. The Morgan fingerprint density at radius 2 is 2.23 bits per heavy atom. The molecule has 0 bridgehead atoms. The predicted molar refractivity (Wildman–Crippen MR) is 88.0 cm³/mol. The van der Waals surface area contributed by atoms with E-state index in [9.17, 15) is 4.79 Å². The zero-order valence-electron chi connectivity index (χ0n) is 13.5. The minimum atomic E-state index is -0.0263. The molecule has 1 amide bonds. The van der Waals surface area contributed by atoms with E-state index in [1.807, 2.05) is 38.2 Å². The van der Waals surface area contributed by atoms with Crippen LogP contribution in [0.2, 0.25) is 0 Å². The van der Waals surface area contributed by atoms with E-state index in [0.29, 0.717) is 5.92 Å². The van der Waals surface area contributed by atoms with Crippen molar-refractivity contribution in [2.24, 2.45) is 5.92 Å². The van der Waals surface area contributed by atoms with Crippen LogP contribution in [0.3, 0.4) is 0 Å². The highest BCUT2D eigenvalue weighted by Crippen LogP contribution is 2.24. The largest absolute Gasteiger partial charge is 0.324 e. The van der Waals surface area contributed by atoms with E-state index >= 15 is 0 Å². The molecule has 22 heavy (non-hydrogen) atoms. The average Bonchev–Trinajstić information content (AvgIpc) is 2.85. The first-order valence-corrected chi connectivity index (χ1v) is 7.94. The van der Waals surface area contributed by atoms with Crippen LogP contribution in [0, 0.1) is 19.8 Å². The highest BCUT2D eigenvalue weighted by molar-refractivity contribution is 5.91. The van der Waals surface area contributed by atoms with Crippen LogP contribution in [-0.2, 0) is 24.2 Å². The van der Waals surface area contributed by atoms with E-state index in [1.165, 1.54) is 17.5 Å². The number of hydrogen-bond acceptors (Lipinski definition) is 2. The smallest absolute Gasteiger partial charge is 0.246 e. The van der Waals surface area contributed by atoms with Crippen LogP contribution in [0.5, 0.6) is 0 Å². The van der Waals surface area contributed by atoms with Gasteiger partial charge in [0, 0.05) is 11.9 Å². The van der Waals surface area contributed by atoms with Crippen LogP contribution in [0.15, 0.2) is 24.4 Å². The van der Waals surface area contributed by atoms with E-state index in [-0.39, 0.29) is 12.5 Å². The molecule has 1 N–H and O–H groups in total. The highest BCUT2D eigenvalue weighted by Gasteiger charge is 2.19. The zero-order valence-corrected chi connectivity index (χ0v) is 13.5. The third kappa shape index (κ3) is 3.06. The van der Waals surface area contributed by atoms with Gasteiger partial charge in [-0.15, -0.1) is 0 Å². The first-order chi connectivity index (χ1) is 10.5. The number of amides is 1. The fourth-order valence-electron chi connectivity index (χ4n) is 3.05. The Morgan fingerprint density at radius 3 is 3.05 bits per heavy atom. The molecule has 1 aromatic carbocycles. The lowest BCUT2D eigenvalue weighted by molar-refractivity contribution is -0.116. The van der Waals surface area contributed by atoms with Crippen molar-refractivity contribution < 1.29 is 4.79 Å². The molecule has 1 atom stereocenters. The van der Waals surface area contributed by atoms with Gasteiger partial charge in [-0.3, -0.25) is 9.48 Å². The Labute approximate surface area is 131 Å². The highest BCUT2D eigenvalue weighted by atomic mass is 16.2. The Balaban J connectivity index is 1.68. The maximum absolute atomic E-state index is 12.3. The summed E-state index contributed by atoms with van der Waals surface area (Å²) in [4.78, 5) is 12.3. The van der Waals surface area contributed by atoms with Crippen molar-refractivity contribution in [2.75, 3.05) is 5.32 Å². The van der Waals surface area contributed by atoms with Crippen molar-refractivity contribution in [3.8, 4) is 0 Å². The molecule has 1 aliphatic carbocycles. The molecule has 1 heterocycles. The lowest BCUT2D eigenvalue weighted by atomic mass is 9.89. The van der Waals surface area contributed by atoms with E-state index in [4.69, 9.17) is 0 Å². The second-order valence-electron chi connectivity index (χ2n) is 6.44. The minimum Gasteiger partial charge on any atom is -0.324 e. The molecule has 0 fully saturated rings. The molecule has 3 rings (SSSR count). The summed E-state index contributed by atoms with van der Waals surface area (Å²) in [6.07, 6.45) is 5.34. The fraction of sp³-hybridized carbons (Fsp3) is 0.444. The van der Waals surface area contributed by atoms with E-state index in [2.05, 4.69) is 17.3 Å². The summed E-state index contributed by atoms with van der Waals surface area (Å²) in [6, 6.07) is 5.95. The number of aryl methyl sites for hydroxylation is 2. The Morgan fingerprint density at radius 1 is 1.41 bits per heavy atom. The van der Waals surface area contributed by atoms with Crippen molar-refractivity contribution in [3.63, 3.8) is 0 Å². The van der Waals surface area contributed by atoms with Gasteiger partial charge < -0.3 is 5.32 Å². The third-order valence-corrected chi connectivity index (χ3v) is 4.55. The second kappa shape index (κ2) is 5.95. The topological polar surface area (TPSA) is 46.9 Å². The number of anilines is 1. The molecular weight excluding hydrogens is 274 g/mol. The number of carbonyl (C=O) groups excluding carboxylic acids is 1. The monoisotopic (exact) mass is 297 g/mol. The van der Waals surface area contributed by atoms with Gasteiger partial charge in [0.25, 0.3) is 0 Å². The molecule has 0 radical (unpaired) electrons. The third-order valence-electron chi connectivity index (χ3n) is 4.55. The first-order valence-electron chi connectivity index (χ1n) is 7.94. The van der Waals surface area contributed by atoms with Crippen molar-refractivity contribution in [1.82, 2.24) is 9.78 Å².